The van der Waals surface area contributed by atoms with Gasteiger partial charge >= 0.3 is 0 Å². The molecule has 0 amide bonds. The van der Waals surface area contributed by atoms with Gasteiger partial charge in [-0.15, -0.1) is 0 Å². The fraction of sp³-hybridized carbons (Fsp3) is 0.625. The van der Waals surface area contributed by atoms with Crippen LogP contribution in [0.3, 0.4) is 0 Å². The zero-order chi connectivity index (χ0) is 14.6. The molecule has 1 saturated carbocycles. The maximum Gasteiger partial charge on any atom is 0.123 e. The number of rotatable bonds is 7. The van der Waals surface area contributed by atoms with E-state index in [-0.39, 0.29) is 17.5 Å². The Hall–Kier alpha value is -1.13. The Morgan fingerprint density at radius 1 is 1.35 bits per heavy atom. The molecule has 1 fully saturated rings. The van der Waals surface area contributed by atoms with Crippen molar-refractivity contribution in [3.8, 4) is 5.75 Å². The smallest absolute Gasteiger partial charge is 0.123 e. The van der Waals surface area contributed by atoms with Gasteiger partial charge in [-0.05, 0) is 50.4 Å². The molecular formula is C16H24FNO2. The van der Waals surface area contributed by atoms with E-state index >= 15 is 0 Å². The Morgan fingerprint density at radius 2 is 2.10 bits per heavy atom. The van der Waals surface area contributed by atoms with Crippen molar-refractivity contribution in [2.75, 3.05) is 20.8 Å². The molecule has 1 aromatic carbocycles. The van der Waals surface area contributed by atoms with Gasteiger partial charge in [-0.3, -0.25) is 0 Å². The van der Waals surface area contributed by atoms with Crippen LogP contribution in [0.25, 0.3) is 0 Å². The summed E-state index contributed by atoms with van der Waals surface area (Å²) in [5.41, 5.74) is 0.808. The van der Waals surface area contributed by atoms with E-state index in [0.717, 1.165) is 37.1 Å². The second kappa shape index (κ2) is 6.55. The van der Waals surface area contributed by atoms with Crippen LogP contribution in [0.15, 0.2) is 18.2 Å². The average molecular weight is 281 g/mol. The van der Waals surface area contributed by atoms with Crippen molar-refractivity contribution < 1.29 is 13.9 Å². The molecule has 3 nitrogen and oxygen atoms in total. The average Bonchev–Trinajstić information content (AvgIpc) is 2.41. The number of hydrogen-bond acceptors (Lipinski definition) is 3. The molecule has 1 atom stereocenters. The number of methoxy groups -OCH3 is 2. The van der Waals surface area contributed by atoms with Gasteiger partial charge in [0, 0.05) is 18.7 Å². The van der Waals surface area contributed by atoms with Crippen LogP contribution in [0.2, 0.25) is 0 Å². The van der Waals surface area contributed by atoms with Crippen molar-refractivity contribution in [3.63, 3.8) is 0 Å². The van der Waals surface area contributed by atoms with Gasteiger partial charge in [-0.2, -0.15) is 0 Å². The molecule has 0 radical (unpaired) electrons. The highest BCUT2D eigenvalue weighted by Gasteiger charge is 2.39. The highest BCUT2D eigenvalue weighted by atomic mass is 19.1. The van der Waals surface area contributed by atoms with Crippen molar-refractivity contribution in [1.82, 2.24) is 5.32 Å². The second-order valence-corrected chi connectivity index (χ2v) is 5.44. The summed E-state index contributed by atoms with van der Waals surface area (Å²) in [6, 6.07) is 4.73. The third-order valence-electron chi connectivity index (χ3n) is 4.29. The third kappa shape index (κ3) is 3.13. The number of benzene rings is 1. The summed E-state index contributed by atoms with van der Waals surface area (Å²) in [7, 11) is 3.39. The van der Waals surface area contributed by atoms with Gasteiger partial charge in [-0.1, -0.05) is 6.92 Å². The molecule has 1 N–H and O–H groups in total. The first-order chi connectivity index (χ1) is 9.64. The zero-order valence-corrected chi connectivity index (χ0v) is 12.5. The molecule has 112 valence electrons. The highest BCUT2D eigenvalue weighted by Crippen LogP contribution is 2.43. The van der Waals surface area contributed by atoms with Crippen LogP contribution in [-0.2, 0) is 4.74 Å². The molecular weight excluding hydrogens is 257 g/mol. The topological polar surface area (TPSA) is 30.5 Å². The zero-order valence-electron chi connectivity index (χ0n) is 12.5. The molecule has 0 saturated heterocycles. The lowest BCUT2D eigenvalue weighted by molar-refractivity contribution is -0.0838. The molecule has 0 heterocycles. The van der Waals surface area contributed by atoms with Crippen LogP contribution in [0, 0.1) is 5.82 Å². The molecule has 1 aliphatic carbocycles. The normalized spacial score (nSPS) is 18.4. The van der Waals surface area contributed by atoms with E-state index in [1.165, 1.54) is 12.5 Å². The lowest BCUT2D eigenvalue weighted by atomic mass is 9.74. The van der Waals surface area contributed by atoms with Crippen LogP contribution in [0.4, 0.5) is 4.39 Å². The van der Waals surface area contributed by atoms with E-state index in [4.69, 9.17) is 9.47 Å². The van der Waals surface area contributed by atoms with E-state index < -0.39 is 0 Å². The molecule has 1 aromatic rings. The van der Waals surface area contributed by atoms with E-state index in [0.29, 0.717) is 0 Å². The molecule has 2 rings (SSSR count). The van der Waals surface area contributed by atoms with Gasteiger partial charge in [0.1, 0.15) is 11.6 Å². The van der Waals surface area contributed by atoms with Crippen LogP contribution < -0.4 is 10.1 Å². The summed E-state index contributed by atoms with van der Waals surface area (Å²) >= 11 is 0. The van der Waals surface area contributed by atoms with Gasteiger partial charge in [0.25, 0.3) is 0 Å². The van der Waals surface area contributed by atoms with Gasteiger partial charge in [0.05, 0.1) is 12.7 Å². The minimum Gasteiger partial charge on any atom is -0.496 e. The highest BCUT2D eigenvalue weighted by molar-refractivity contribution is 5.37. The van der Waals surface area contributed by atoms with Crippen LogP contribution >= 0.6 is 0 Å². The van der Waals surface area contributed by atoms with Crippen LogP contribution in [0.5, 0.6) is 5.75 Å². The molecule has 0 bridgehead atoms. The summed E-state index contributed by atoms with van der Waals surface area (Å²) in [4.78, 5) is 0. The predicted octanol–water partition coefficient (Wildman–Crippen LogP) is 3.44. The minimum absolute atomic E-state index is 0.0471. The SMILES string of the molecule is CCNC(CC1(OC)CCC1)c1cc(F)ccc1OC. The Labute approximate surface area is 120 Å². The standard InChI is InChI=1S/C16H24FNO2/c1-4-18-14(11-16(20-3)8-5-9-16)13-10-12(17)6-7-15(13)19-2/h6-7,10,14,18H,4-5,8-9,11H2,1-3H3. The van der Waals surface area contributed by atoms with E-state index in [2.05, 4.69) is 12.2 Å². The third-order valence-corrected chi connectivity index (χ3v) is 4.29. The summed E-state index contributed by atoms with van der Waals surface area (Å²) in [5.74, 6) is 0.492. The van der Waals surface area contributed by atoms with Gasteiger partial charge in [0.2, 0.25) is 0 Å². The van der Waals surface area contributed by atoms with Crippen LogP contribution in [0.1, 0.15) is 44.2 Å². The maximum absolute atomic E-state index is 13.6. The molecule has 0 spiro atoms. The number of halogens is 1. The van der Waals surface area contributed by atoms with Crippen molar-refractivity contribution in [2.45, 2.75) is 44.2 Å². The molecule has 20 heavy (non-hydrogen) atoms. The van der Waals surface area contributed by atoms with Crippen molar-refractivity contribution in [1.29, 1.82) is 0 Å². The van der Waals surface area contributed by atoms with E-state index in [1.807, 2.05) is 0 Å². The number of hydrogen-bond donors (Lipinski definition) is 1. The van der Waals surface area contributed by atoms with Crippen molar-refractivity contribution in [2.24, 2.45) is 0 Å². The predicted molar refractivity (Wildman–Crippen MR) is 77.6 cm³/mol. The first-order valence-electron chi connectivity index (χ1n) is 7.26. The van der Waals surface area contributed by atoms with Crippen molar-refractivity contribution >= 4 is 0 Å². The first-order valence-corrected chi connectivity index (χ1v) is 7.26. The summed E-state index contributed by atoms with van der Waals surface area (Å²) in [5, 5.41) is 3.43. The quantitative estimate of drug-likeness (QED) is 0.830. The number of nitrogens with one attached hydrogen (secondary N) is 1. The maximum atomic E-state index is 13.6. The van der Waals surface area contributed by atoms with Crippen molar-refractivity contribution in [3.05, 3.63) is 29.6 Å². The Balaban J connectivity index is 2.25. The van der Waals surface area contributed by atoms with Gasteiger partial charge in [-0.25, -0.2) is 4.39 Å². The fourth-order valence-corrected chi connectivity index (χ4v) is 2.95. The lowest BCUT2D eigenvalue weighted by Gasteiger charge is -2.43. The van der Waals surface area contributed by atoms with Crippen LogP contribution in [-0.4, -0.2) is 26.4 Å². The molecule has 1 unspecified atom stereocenters. The molecule has 0 aliphatic heterocycles. The first kappa shape index (κ1) is 15.3. The molecule has 0 aromatic heterocycles. The van der Waals surface area contributed by atoms with Gasteiger partial charge in [0.15, 0.2) is 0 Å². The summed E-state index contributed by atoms with van der Waals surface area (Å²) in [6.07, 6.45) is 4.19. The van der Waals surface area contributed by atoms with E-state index in [1.54, 1.807) is 26.4 Å². The second-order valence-electron chi connectivity index (χ2n) is 5.44. The Bertz CT molecular complexity index is 441. The molecule has 4 heteroatoms. The minimum atomic E-state index is -0.233. The fourth-order valence-electron chi connectivity index (χ4n) is 2.95. The largest absolute Gasteiger partial charge is 0.496 e. The monoisotopic (exact) mass is 281 g/mol. The molecule has 1 aliphatic rings. The Morgan fingerprint density at radius 3 is 2.60 bits per heavy atom. The summed E-state index contributed by atoms with van der Waals surface area (Å²) < 4.78 is 24.7. The number of ether oxygens (including phenoxy) is 2. The Kier molecular flexibility index (Phi) is 5.00. The van der Waals surface area contributed by atoms with E-state index in [9.17, 15) is 4.39 Å². The van der Waals surface area contributed by atoms with Gasteiger partial charge < -0.3 is 14.8 Å². The summed E-state index contributed by atoms with van der Waals surface area (Å²) in [6.45, 7) is 2.88. The lowest BCUT2D eigenvalue weighted by Crippen LogP contribution is -2.43.